The van der Waals surface area contributed by atoms with Gasteiger partial charge in [-0.25, -0.2) is 9.18 Å². The van der Waals surface area contributed by atoms with E-state index in [-0.39, 0.29) is 18.1 Å². The number of hydrogen-bond donors (Lipinski definition) is 1. The van der Waals surface area contributed by atoms with E-state index in [1.54, 1.807) is 0 Å². The van der Waals surface area contributed by atoms with Gasteiger partial charge in [-0.05, 0) is 66.2 Å². The van der Waals surface area contributed by atoms with Gasteiger partial charge in [-0.15, -0.1) is 0 Å². The normalized spacial score (nSPS) is 14.1. The molecule has 1 aromatic rings. The van der Waals surface area contributed by atoms with Crippen LogP contribution >= 0.6 is 15.9 Å². The summed E-state index contributed by atoms with van der Waals surface area (Å²) in [6.07, 6.45) is 7.75. The summed E-state index contributed by atoms with van der Waals surface area (Å²) in [5.74, 6) is -1.46. The van der Waals surface area contributed by atoms with E-state index in [9.17, 15) is 14.0 Å². The summed E-state index contributed by atoms with van der Waals surface area (Å²) in [6, 6.07) is 3.66. The minimum absolute atomic E-state index is 0.187. The van der Waals surface area contributed by atoms with Gasteiger partial charge in [-0.3, -0.25) is 4.79 Å². The first-order chi connectivity index (χ1) is 11.1. The Morgan fingerprint density at radius 2 is 2.13 bits per heavy atom. The second-order valence-corrected chi connectivity index (χ2v) is 6.26. The third kappa shape index (κ3) is 5.78. The summed E-state index contributed by atoms with van der Waals surface area (Å²) in [5.41, 5.74) is 1.57. The Morgan fingerprint density at radius 1 is 1.30 bits per heavy atom. The highest BCUT2D eigenvalue weighted by atomic mass is 79.9. The highest BCUT2D eigenvalue weighted by Crippen LogP contribution is 2.20. The monoisotopic (exact) mass is 383 g/mol. The van der Waals surface area contributed by atoms with Crippen molar-refractivity contribution in [1.82, 2.24) is 5.32 Å². The van der Waals surface area contributed by atoms with Gasteiger partial charge in [0.25, 0.3) is 5.91 Å². The van der Waals surface area contributed by atoms with E-state index in [2.05, 4.69) is 27.3 Å². The minimum atomic E-state index is -0.665. The van der Waals surface area contributed by atoms with E-state index in [1.807, 2.05) is 0 Å². The zero-order valence-electron chi connectivity index (χ0n) is 12.7. The van der Waals surface area contributed by atoms with Crippen molar-refractivity contribution >= 4 is 27.8 Å². The maximum Gasteiger partial charge on any atom is 0.339 e. The fourth-order valence-electron chi connectivity index (χ4n) is 2.41. The van der Waals surface area contributed by atoms with Crippen molar-refractivity contribution in [2.75, 3.05) is 13.2 Å². The van der Waals surface area contributed by atoms with Gasteiger partial charge < -0.3 is 10.1 Å². The quantitative estimate of drug-likeness (QED) is 0.601. The number of amides is 1. The molecule has 0 spiro atoms. The molecule has 1 amide bonds. The van der Waals surface area contributed by atoms with Gasteiger partial charge in [0.15, 0.2) is 6.61 Å². The molecule has 1 aliphatic carbocycles. The lowest BCUT2D eigenvalue weighted by atomic mass is 9.97. The Balaban J connectivity index is 1.71. The first kappa shape index (κ1) is 17.7. The maximum atomic E-state index is 13.0. The van der Waals surface area contributed by atoms with Crippen LogP contribution < -0.4 is 5.32 Å². The van der Waals surface area contributed by atoms with E-state index in [0.29, 0.717) is 11.0 Å². The number of halogens is 2. The van der Waals surface area contributed by atoms with Gasteiger partial charge in [0.05, 0.1) is 5.56 Å². The lowest BCUT2D eigenvalue weighted by Gasteiger charge is -2.13. The molecular weight excluding hydrogens is 365 g/mol. The molecular formula is C17H19BrFNO3. The number of carbonyl (C=O) groups is 2. The van der Waals surface area contributed by atoms with Crippen LogP contribution in [0.2, 0.25) is 0 Å². The van der Waals surface area contributed by atoms with Crippen molar-refractivity contribution in [3.05, 3.63) is 45.7 Å². The SMILES string of the molecule is O=C(COC(=O)c1ccc(F)cc1Br)NCCC1=CCCCC1. The minimum Gasteiger partial charge on any atom is -0.452 e. The molecule has 0 unspecified atom stereocenters. The molecule has 2 rings (SSSR count). The Hall–Kier alpha value is -1.69. The van der Waals surface area contributed by atoms with Gasteiger partial charge in [-0.1, -0.05) is 11.6 Å². The van der Waals surface area contributed by atoms with Crippen molar-refractivity contribution < 1.29 is 18.7 Å². The molecule has 0 aliphatic heterocycles. The summed E-state index contributed by atoms with van der Waals surface area (Å²) < 4.78 is 18.2. The Bertz CT molecular complexity index is 616. The molecule has 0 saturated carbocycles. The van der Waals surface area contributed by atoms with Gasteiger partial charge in [-0.2, -0.15) is 0 Å². The number of benzene rings is 1. The maximum absolute atomic E-state index is 13.0. The molecule has 0 radical (unpaired) electrons. The van der Waals surface area contributed by atoms with Crippen molar-refractivity contribution in [1.29, 1.82) is 0 Å². The number of rotatable bonds is 6. The van der Waals surface area contributed by atoms with E-state index < -0.39 is 11.8 Å². The highest BCUT2D eigenvalue weighted by Gasteiger charge is 2.14. The second-order valence-electron chi connectivity index (χ2n) is 5.41. The predicted octanol–water partition coefficient (Wildman–Crippen LogP) is 3.75. The van der Waals surface area contributed by atoms with Crippen LogP contribution in [0.25, 0.3) is 0 Å². The third-order valence-electron chi connectivity index (χ3n) is 3.64. The lowest BCUT2D eigenvalue weighted by Crippen LogP contribution is -2.30. The molecule has 0 saturated heterocycles. The molecule has 23 heavy (non-hydrogen) atoms. The predicted molar refractivity (Wildman–Crippen MR) is 88.6 cm³/mol. The van der Waals surface area contributed by atoms with Crippen molar-refractivity contribution in [3.63, 3.8) is 0 Å². The van der Waals surface area contributed by atoms with E-state index in [0.717, 1.165) is 19.3 Å². The highest BCUT2D eigenvalue weighted by molar-refractivity contribution is 9.10. The lowest BCUT2D eigenvalue weighted by molar-refractivity contribution is -0.124. The molecule has 1 N–H and O–H groups in total. The number of esters is 1. The summed E-state index contributed by atoms with van der Waals surface area (Å²) in [7, 11) is 0. The Labute approximate surface area is 143 Å². The van der Waals surface area contributed by atoms with Crippen LogP contribution in [0.5, 0.6) is 0 Å². The molecule has 6 heteroatoms. The molecule has 124 valence electrons. The number of hydrogen-bond acceptors (Lipinski definition) is 3. The molecule has 4 nitrogen and oxygen atoms in total. The smallest absolute Gasteiger partial charge is 0.339 e. The van der Waals surface area contributed by atoms with Crippen LogP contribution in [0.1, 0.15) is 42.5 Å². The molecule has 0 atom stereocenters. The summed E-state index contributed by atoms with van der Waals surface area (Å²) in [4.78, 5) is 23.5. The number of carbonyl (C=O) groups excluding carboxylic acids is 2. The topological polar surface area (TPSA) is 55.4 Å². The van der Waals surface area contributed by atoms with Crippen LogP contribution in [0.15, 0.2) is 34.3 Å². The largest absolute Gasteiger partial charge is 0.452 e. The van der Waals surface area contributed by atoms with Crippen LogP contribution in [-0.4, -0.2) is 25.0 Å². The zero-order chi connectivity index (χ0) is 16.7. The summed E-state index contributed by atoms with van der Waals surface area (Å²) in [6.45, 7) is 0.199. The van der Waals surface area contributed by atoms with Crippen molar-refractivity contribution in [2.24, 2.45) is 0 Å². The fourth-order valence-corrected chi connectivity index (χ4v) is 2.92. The van der Waals surface area contributed by atoms with Crippen LogP contribution in [0.3, 0.4) is 0 Å². The molecule has 0 bridgehead atoms. The Kier molecular flexibility index (Phi) is 6.77. The molecule has 0 aromatic heterocycles. The molecule has 0 fully saturated rings. The number of allylic oxidation sites excluding steroid dienone is 1. The van der Waals surface area contributed by atoms with Crippen LogP contribution in [0, 0.1) is 5.82 Å². The average Bonchev–Trinajstić information content (AvgIpc) is 2.53. The number of ether oxygens (including phenoxy) is 1. The second kappa shape index (κ2) is 8.82. The standard InChI is InChI=1S/C17H19BrFNO3/c18-15-10-13(19)6-7-14(15)17(22)23-11-16(21)20-9-8-12-4-2-1-3-5-12/h4,6-7,10H,1-3,5,8-9,11H2,(H,20,21). The van der Waals surface area contributed by atoms with Crippen LogP contribution in [-0.2, 0) is 9.53 Å². The Morgan fingerprint density at radius 3 is 2.83 bits per heavy atom. The zero-order valence-corrected chi connectivity index (χ0v) is 14.3. The molecule has 1 aliphatic rings. The first-order valence-electron chi connectivity index (χ1n) is 7.63. The molecule has 1 aromatic carbocycles. The van der Waals surface area contributed by atoms with Crippen molar-refractivity contribution in [2.45, 2.75) is 32.1 Å². The average molecular weight is 384 g/mol. The van der Waals surface area contributed by atoms with Crippen LogP contribution in [0.4, 0.5) is 4.39 Å². The van der Waals surface area contributed by atoms with Gasteiger partial charge >= 0.3 is 5.97 Å². The molecule has 0 heterocycles. The van der Waals surface area contributed by atoms with E-state index in [1.165, 1.54) is 36.6 Å². The van der Waals surface area contributed by atoms with E-state index in [4.69, 9.17) is 4.74 Å². The third-order valence-corrected chi connectivity index (χ3v) is 4.29. The van der Waals surface area contributed by atoms with Gasteiger partial charge in [0, 0.05) is 11.0 Å². The summed E-state index contributed by atoms with van der Waals surface area (Å²) >= 11 is 3.09. The van der Waals surface area contributed by atoms with Gasteiger partial charge in [0.2, 0.25) is 0 Å². The first-order valence-corrected chi connectivity index (χ1v) is 8.42. The fraction of sp³-hybridized carbons (Fsp3) is 0.412. The van der Waals surface area contributed by atoms with E-state index >= 15 is 0 Å². The van der Waals surface area contributed by atoms with Gasteiger partial charge in [0.1, 0.15) is 5.82 Å². The number of nitrogens with one attached hydrogen (secondary N) is 1. The van der Waals surface area contributed by atoms with Crippen molar-refractivity contribution in [3.8, 4) is 0 Å². The summed E-state index contributed by atoms with van der Waals surface area (Å²) in [5, 5.41) is 2.73.